The zero-order chi connectivity index (χ0) is 21.6. The quantitative estimate of drug-likeness (QED) is 0.605. The minimum Gasteiger partial charge on any atom is -0.359 e. The Balaban J connectivity index is 1.43. The summed E-state index contributed by atoms with van der Waals surface area (Å²) in [7, 11) is 0. The van der Waals surface area contributed by atoms with Crippen molar-refractivity contribution in [1.29, 1.82) is 0 Å². The normalized spacial score (nSPS) is 16.7. The minimum absolute atomic E-state index is 0.00497. The Morgan fingerprint density at radius 2 is 1.77 bits per heavy atom. The number of benzene rings is 2. The third kappa shape index (κ3) is 3.11. The SMILES string of the molecule is CCN1c2cc(C)ccc2-n2cccc2C12CCN(C(=O)Nc1ccccc1C)CC2. The minimum atomic E-state index is -0.0848. The number of carbonyl (C=O) groups is 1. The second kappa shape index (κ2) is 7.49. The maximum Gasteiger partial charge on any atom is 0.321 e. The zero-order valence-corrected chi connectivity index (χ0v) is 18.6. The number of likely N-dealkylation sites (tertiary alicyclic amines) is 1. The number of nitrogens with one attached hydrogen (secondary N) is 1. The average Bonchev–Trinajstić information content (AvgIpc) is 3.27. The van der Waals surface area contributed by atoms with E-state index in [9.17, 15) is 4.79 Å². The molecule has 1 aromatic heterocycles. The third-order valence-electron chi connectivity index (χ3n) is 7.00. The number of carbonyl (C=O) groups excluding carboxylic acids is 1. The molecule has 0 radical (unpaired) electrons. The van der Waals surface area contributed by atoms with Crippen LogP contribution in [0.5, 0.6) is 0 Å². The smallest absolute Gasteiger partial charge is 0.321 e. The molecule has 2 amide bonds. The Bertz CT molecular complexity index is 1120. The van der Waals surface area contributed by atoms with Crippen molar-refractivity contribution in [3.05, 3.63) is 77.6 Å². The second-order valence-corrected chi connectivity index (χ2v) is 8.76. The molecule has 0 bridgehead atoms. The summed E-state index contributed by atoms with van der Waals surface area (Å²) in [5.74, 6) is 0. The first-order valence-electron chi connectivity index (χ1n) is 11.2. The first-order chi connectivity index (χ1) is 15.0. The fraction of sp³-hybridized carbons (Fsp3) is 0.346. The molecule has 5 nitrogen and oxygen atoms in total. The molecule has 5 heteroatoms. The van der Waals surface area contributed by atoms with Crippen LogP contribution in [0.3, 0.4) is 0 Å². The maximum absolute atomic E-state index is 13.0. The lowest BCUT2D eigenvalue weighted by molar-refractivity contribution is 0.160. The van der Waals surface area contributed by atoms with E-state index in [0.717, 1.165) is 43.7 Å². The summed E-state index contributed by atoms with van der Waals surface area (Å²) >= 11 is 0. The Labute approximate surface area is 184 Å². The van der Waals surface area contributed by atoms with Crippen LogP contribution in [0.1, 0.15) is 36.6 Å². The molecule has 1 saturated heterocycles. The van der Waals surface area contributed by atoms with Crippen molar-refractivity contribution in [2.75, 3.05) is 29.9 Å². The number of para-hydroxylation sites is 1. The van der Waals surface area contributed by atoms with Crippen LogP contribution in [-0.4, -0.2) is 35.1 Å². The molecule has 2 aliphatic rings. The van der Waals surface area contributed by atoms with E-state index in [0.29, 0.717) is 0 Å². The summed E-state index contributed by atoms with van der Waals surface area (Å²) in [5.41, 5.74) is 7.04. The first-order valence-corrected chi connectivity index (χ1v) is 11.2. The van der Waals surface area contributed by atoms with E-state index in [1.54, 1.807) is 0 Å². The van der Waals surface area contributed by atoms with Crippen LogP contribution in [0.15, 0.2) is 60.8 Å². The summed E-state index contributed by atoms with van der Waals surface area (Å²) in [6.45, 7) is 8.84. The fourth-order valence-corrected chi connectivity index (χ4v) is 5.38. The van der Waals surface area contributed by atoms with Crippen LogP contribution in [0.2, 0.25) is 0 Å². The summed E-state index contributed by atoms with van der Waals surface area (Å²) in [5, 5.41) is 3.10. The lowest BCUT2D eigenvalue weighted by Gasteiger charge is -2.53. The number of piperidine rings is 1. The molecule has 0 atom stereocenters. The molecule has 1 N–H and O–H groups in total. The number of urea groups is 1. The van der Waals surface area contributed by atoms with E-state index in [4.69, 9.17) is 0 Å². The molecule has 1 fully saturated rings. The molecular weight excluding hydrogens is 384 g/mol. The summed E-state index contributed by atoms with van der Waals surface area (Å²) in [6, 6.07) is 19.1. The fourth-order valence-electron chi connectivity index (χ4n) is 5.38. The molecule has 3 aromatic rings. The Morgan fingerprint density at radius 1 is 1.00 bits per heavy atom. The summed E-state index contributed by atoms with van der Waals surface area (Å²) in [6.07, 6.45) is 4.01. The predicted octanol–water partition coefficient (Wildman–Crippen LogP) is 5.46. The number of amides is 2. The highest BCUT2D eigenvalue weighted by Gasteiger charge is 2.46. The Morgan fingerprint density at radius 3 is 2.52 bits per heavy atom. The van der Waals surface area contributed by atoms with Gasteiger partial charge in [-0.05, 0) is 75.1 Å². The van der Waals surface area contributed by atoms with Crippen LogP contribution in [-0.2, 0) is 5.54 Å². The van der Waals surface area contributed by atoms with Gasteiger partial charge in [-0.1, -0.05) is 24.3 Å². The second-order valence-electron chi connectivity index (χ2n) is 8.76. The number of rotatable bonds is 2. The van der Waals surface area contributed by atoms with E-state index in [1.807, 2.05) is 36.1 Å². The van der Waals surface area contributed by atoms with Gasteiger partial charge < -0.3 is 19.7 Å². The molecule has 2 aliphatic heterocycles. The van der Waals surface area contributed by atoms with Gasteiger partial charge in [0, 0.05) is 37.2 Å². The first kappa shape index (κ1) is 19.7. The standard InChI is InChI=1S/C26H30N4O/c1-4-30-23-18-19(2)11-12-22(23)29-15-7-10-24(29)26(30)13-16-28(17-14-26)25(31)27-21-9-6-5-8-20(21)3/h5-12,15,18H,4,13-14,16-17H2,1-3H3,(H,27,31). The van der Waals surface area contributed by atoms with Crippen LogP contribution >= 0.6 is 0 Å². The van der Waals surface area contributed by atoms with Crippen molar-refractivity contribution < 1.29 is 4.79 Å². The van der Waals surface area contributed by atoms with Gasteiger partial charge in [0.25, 0.3) is 0 Å². The van der Waals surface area contributed by atoms with E-state index in [2.05, 4.69) is 65.2 Å². The maximum atomic E-state index is 13.0. The number of fused-ring (bicyclic) bond motifs is 4. The number of anilines is 2. The number of nitrogens with zero attached hydrogens (tertiary/aromatic N) is 3. The van der Waals surface area contributed by atoms with Gasteiger partial charge in [0.05, 0.1) is 16.9 Å². The van der Waals surface area contributed by atoms with Crippen LogP contribution in [0.4, 0.5) is 16.2 Å². The molecule has 160 valence electrons. The van der Waals surface area contributed by atoms with Crippen molar-refractivity contribution in [3.8, 4) is 5.69 Å². The molecule has 3 heterocycles. The predicted molar refractivity (Wildman–Crippen MR) is 126 cm³/mol. The van der Waals surface area contributed by atoms with Gasteiger partial charge in [0.15, 0.2) is 0 Å². The summed E-state index contributed by atoms with van der Waals surface area (Å²) < 4.78 is 2.35. The highest BCUT2D eigenvalue weighted by atomic mass is 16.2. The lowest BCUT2D eigenvalue weighted by Crippen LogP contribution is -2.57. The topological polar surface area (TPSA) is 40.5 Å². The van der Waals surface area contributed by atoms with Crippen molar-refractivity contribution in [3.63, 3.8) is 0 Å². The number of hydrogen-bond donors (Lipinski definition) is 1. The van der Waals surface area contributed by atoms with Crippen LogP contribution in [0, 0.1) is 13.8 Å². The molecule has 2 aromatic carbocycles. The van der Waals surface area contributed by atoms with E-state index in [1.165, 1.54) is 22.6 Å². The van der Waals surface area contributed by atoms with Gasteiger partial charge in [-0.25, -0.2) is 4.79 Å². The summed E-state index contributed by atoms with van der Waals surface area (Å²) in [4.78, 5) is 17.5. The molecule has 5 rings (SSSR count). The zero-order valence-electron chi connectivity index (χ0n) is 18.6. The van der Waals surface area contributed by atoms with E-state index in [-0.39, 0.29) is 11.6 Å². The Kier molecular flexibility index (Phi) is 4.77. The molecular formula is C26H30N4O. The van der Waals surface area contributed by atoms with Gasteiger partial charge in [-0.2, -0.15) is 0 Å². The highest BCUT2D eigenvalue weighted by molar-refractivity contribution is 5.90. The van der Waals surface area contributed by atoms with Crippen molar-refractivity contribution >= 4 is 17.4 Å². The largest absolute Gasteiger partial charge is 0.359 e. The third-order valence-corrected chi connectivity index (χ3v) is 7.00. The van der Waals surface area contributed by atoms with E-state index >= 15 is 0 Å². The number of aromatic nitrogens is 1. The van der Waals surface area contributed by atoms with Gasteiger partial charge >= 0.3 is 6.03 Å². The van der Waals surface area contributed by atoms with Crippen LogP contribution in [0.25, 0.3) is 5.69 Å². The monoisotopic (exact) mass is 414 g/mol. The lowest BCUT2D eigenvalue weighted by atomic mass is 9.80. The van der Waals surface area contributed by atoms with Gasteiger partial charge in [-0.3, -0.25) is 0 Å². The average molecular weight is 415 g/mol. The number of aryl methyl sites for hydroxylation is 2. The van der Waals surface area contributed by atoms with Crippen molar-refractivity contribution in [2.24, 2.45) is 0 Å². The Hall–Kier alpha value is -3.21. The molecule has 0 aliphatic carbocycles. The molecule has 31 heavy (non-hydrogen) atoms. The highest BCUT2D eigenvalue weighted by Crippen LogP contribution is 2.48. The van der Waals surface area contributed by atoms with Gasteiger partial charge in [0.1, 0.15) is 0 Å². The molecule has 0 unspecified atom stereocenters. The number of hydrogen-bond acceptors (Lipinski definition) is 2. The van der Waals surface area contributed by atoms with Gasteiger partial charge in [-0.15, -0.1) is 0 Å². The van der Waals surface area contributed by atoms with Gasteiger partial charge in [0.2, 0.25) is 0 Å². The molecule has 0 saturated carbocycles. The van der Waals surface area contributed by atoms with Crippen molar-refractivity contribution in [2.45, 2.75) is 39.2 Å². The molecule has 1 spiro atoms. The van der Waals surface area contributed by atoms with E-state index < -0.39 is 0 Å². The van der Waals surface area contributed by atoms with Crippen LogP contribution < -0.4 is 10.2 Å². The van der Waals surface area contributed by atoms with Crippen molar-refractivity contribution in [1.82, 2.24) is 9.47 Å².